The van der Waals surface area contributed by atoms with Crippen LogP contribution in [0.5, 0.6) is 0 Å². The van der Waals surface area contributed by atoms with Gasteiger partial charge in [0, 0.05) is 24.9 Å². The highest BCUT2D eigenvalue weighted by Crippen LogP contribution is 2.35. The topological polar surface area (TPSA) is 20.3 Å². The molecule has 2 aliphatic heterocycles. The van der Waals surface area contributed by atoms with Crippen molar-refractivity contribution < 1.29 is 4.79 Å². The number of piperidine rings is 2. The van der Waals surface area contributed by atoms with Crippen molar-refractivity contribution in [1.82, 2.24) is 4.90 Å². The Kier molecular flexibility index (Phi) is 2.18. The summed E-state index contributed by atoms with van der Waals surface area (Å²) in [6, 6.07) is 0. The fourth-order valence-electron chi connectivity index (χ4n) is 2.34. The molecule has 0 radical (unpaired) electrons. The fraction of sp³-hybridized carbons (Fsp3) is 0.900. The Bertz CT molecular complexity index is 176. The van der Waals surface area contributed by atoms with Gasteiger partial charge < -0.3 is 4.90 Å². The lowest BCUT2D eigenvalue weighted by Gasteiger charge is -2.45. The average molecular weight is 167 g/mol. The molecule has 1 aliphatic carbocycles. The number of rotatable bonds is 3. The van der Waals surface area contributed by atoms with Gasteiger partial charge in [0.2, 0.25) is 0 Å². The second-order valence-corrected chi connectivity index (χ2v) is 4.15. The van der Waals surface area contributed by atoms with Crippen molar-refractivity contribution in [3.05, 3.63) is 0 Å². The summed E-state index contributed by atoms with van der Waals surface area (Å²) < 4.78 is 0. The van der Waals surface area contributed by atoms with Crippen molar-refractivity contribution in [2.75, 3.05) is 19.6 Å². The highest BCUT2D eigenvalue weighted by atomic mass is 16.1. The lowest BCUT2D eigenvalue weighted by molar-refractivity contribution is -0.143. The Morgan fingerprint density at radius 3 is 2.58 bits per heavy atom. The Morgan fingerprint density at radius 2 is 2.08 bits per heavy atom. The largest absolute Gasteiger partial charge is 0.302 e. The normalized spacial score (nSPS) is 34.9. The molecule has 0 aromatic rings. The average Bonchev–Trinajstić information content (AvgIpc) is 2.14. The van der Waals surface area contributed by atoms with Crippen molar-refractivity contribution in [2.24, 2.45) is 11.8 Å². The Balaban J connectivity index is 1.79. The molecule has 2 heteroatoms. The Hall–Kier alpha value is -0.370. The molecular formula is C10H17NO. The lowest BCUT2D eigenvalue weighted by atomic mass is 9.70. The summed E-state index contributed by atoms with van der Waals surface area (Å²) in [4.78, 5) is 13.7. The zero-order valence-electron chi connectivity index (χ0n) is 7.75. The van der Waals surface area contributed by atoms with E-state index in [1.165, 1.54) is 25.8 Å². The molecular weight excluding hydrogens is 150 g/mol. The minimum atomic E-state index is 0.417. The molecule has 12 heavy (non-hydrogen) atoms. The predicted octanol–water partition coefficient (Wildman–Crippen LogP) is 1.31. The Morgan fingerprint density at radius 1 is 1.42 bits per heavy atom. The number of hydrogen-bond acceptors (Lipinski definition) is 2. The molecule has 0 spiro atoms. The first-order valence-electron chi connectivity index (χ1n) is 5.07. The summed E-state index contributed by atoms with van der Waals surface area (Å²) in [5, 5.41) is 0. The summed E-state index contributed by atoms with van der Waals surface area (Å²) in [5.41, 5.74) is 0. The quantitative estimate of drug-likeness (QED) is 0.631. The van der Waals surface area contributed by atoms with E-state index in [1.54, 1.807) is 0 Å². The molecule has 2 heterocycles. The molecule has 0 amide bonds. The van der Waals surface area contributed by atoms with Gasteiger partial charge in [-0.15, -0.1) is 0 Å². The molecule has 2 bridgehead atoms. The molecule has 0 N–H and O–H groups in total. The zero-order chi connectivity index (χ0) is 8.55. The third-order valence-electron chi connectivity index (χ3n) is 3.16. The van der Waals surface area contributed by atoms with E-state index in [1.807, 2.05) is 0 Å². The first kappa shape index (κ1) is 8.24. The molecule has 0 aromatic heterocycles. The van der Waals surface area contributed by atoms with Crippen molar-refractivity contribution in [2.45, 2.75) is 26.2 Å². The number of Topliss-reactive ketones (excluding diaryl/α,β-unsaturated/α-hetero) is 1. The van der Waals surface area contributed by atoms with Gasteiger partial charge in [0.1, 0.15) is 5.78 Å². The summed E-state index contributed by atoms with van der Waals surface area (Å²) in [6.07, 6.45) is 3.73. The van der Waals surface area contributed by atoms with Gasteiger partial charge in [-0.3, -0.25) is 4.79 Å². The van der Waals surface area contributed by atoms with Gasteiger partial charge in [-0.25, -0.2) is 0 Å². The maximum absolute atomic E-state index is 11.2. The van der Waals surface area contributed by atoms with Crippen LogP contribution >= 0.6 is 0 Å². The van der Waals surface area contributed by atoms with Gasteiger partial charge in [0.05, 0.1) is 0 Å². The van der Waals surface area contributed by atoms with E-state index in [9.17, 15) is 4.79 Å². The van der Waals surface area contributed by atoms with Gasteiger partial charge in [-0.05, 0) is 19.4 Å². The number of carbonyl (C=O) groups excluding carboxylic acids is 1. The van der Waals surface area contributed by atoms with Gasteiger partial charge in [-0.2, -0.15) is 0 Å². The van der Waals surface area contributed by atoms with Gasteiger partial charge in [-0.1, -0.05) is 13.3 Å². The van der Waals surface area contributed by atoms with Crippen LogP contribution in [0.15, 0.2) is 0 Å². The van der Waals surface area contributed by atoms with Crippen LogP contribution in [0.1, 0.15) is 26.2 Å². The minimum absolute atomic E-state index is 0.417. The summed E-state index contributed by atoms with van der Waals surface area (Å²) >= 11 is 0. The van der Waals surface area contributed by atoms with E-state index in [2.05, 4.69) is 11.8 Å². The van der Waals surface area contributed by atoms with Crippen molar-refractivity contribution in [3.8, 4) is 0 Å². The number of fused-ring (bicyclic) bond motifs is 2. The van der Waals surface area contributed by atoms with Crippen LogP contribution in [-0.2, 0) is 4.79 Å². The van der Waals surface area contributed by atoms with Crippen LogP contribution in [0.25, 0.3) is 0 Å². The highest BCUT2D eigenvalue weighted by molar-refractivity contribution is 5.90. The van der Waals surface area contributed by atoms with E-state index in [-0.39, 0.29) is 0 Å². The maximum atomic E-state index is 11.2. The van der Waals surface area contributed by atoms with E-state index in [0.717, 1.165) is 13.1 Å². The summed E-state index contributed by atoms with van der Waals surface area (Å²) in [7, 11) is 0. The number of unbranched alkanes of at least 4 members (excludes halogenated alkanes) is 1. The highest BCUT2D eigenvalue weighted by Gasteiger charge is 2.44. The zero-order valence-corrected chi connectivity index (χ0v) is 7.75. The van der Waals surface area contributed by atoms with Crippen LogP contribution in [0.4, 0.5) is 0 Å². The smallest absolute Gasteiger partial charge is 0.141 e. The minimum Gasteiger partial charge on any atom is -0.302 e. The molecule has 2 atom stereocenters. The molecule has 3 fully saturated rings. The third-order valence-corrected chi connectivity index (χ3v) is 3.16. The fourth-order valence-corrected chi connectivity index (χ4v) is 2.34. The molecule has 3 rings (SSSR count). The molecule has 2 nitrogen and oxygen atoms in total. The van der Waals surface area contributed by atoms with E-state index < -0.39 is 0 Å². The van der Waals surface area contributed by atoms with Crippen LogP contribution in [0.3, 0.4) is 0 Å². The standard InChI is InChI=1S/C10H17NO/c1-2-3-4-11-6-8-5-9(7-11)10(8)12/h8-9H,2-7H2,1H3/t8-,9+. The SMILES string of the molecule is CCCCN1C[C@H]2C[C@@H](C1)C2=O. The molecule has 1 saturated carbocycles. The first-order chi connectivity index (χ1) is 5.81. The predicted molar refractivity (Wildman–Crippen MR) is 48.0 cm³/mol. The number of hydrogen-bond donors (Lipinski definition) is 0. The number of ketones is 1. The van der Waals surface area contributed by atoms with Crippen molar-refractivity contribution in [3.63, 3.8) is 0 Å². The number of nitrogens with zero attached hydrogens (tertiary/aromatic N) is 1. The van der Waals surface area contributed by atoms with Gasteiger partial charge >= 0.3 is 0 Å². The van der Waals surface area contributed by atoms with Crippen LogP contribution in [0.2, 0.25) is 0 Å². The van der Waals surface area contributed by atoms with Crippen LogP contribution in [-0.4, -0.2) is 30.3 Å². The maximum Gasteiger partial charge on any atom is 0.141 e. The second kappa shape index (κ2) is 3.17. The molecule has 0 unspecified atom stereocenters. The third kappa shape index (κ3) is 1.28. The van der Waals surface area contributed by atoms with Gasteiger partial charge in [0.25, 0.3) is 0 Å². The molecule has 68 valence electrons. The molecule has 3 aliphatic rings. The van der Waals surface area contributed by atoms with E-state index >= 15 is 0 Å². The summed E-state index contributed by atoms with van der Waals surface area (Å²) in [6.45, 7) is 5.53. The second-order valence-electron chi connectivity index (χ2n) is 4.15. The Labute approximate surface area is 73.9 Å². The van der Waals surface area contributed by atoms with E-state index in [0.29, 0.717) is 17.6 Å². The monoisotopic (exact) mass is 167 g/mol. The van der Waals surface area contributed by atoms with Crippen LogP contribution in [0, 0.1) is 11.8 Å². The lowest BCUT2D eigenvalue weighted by Crippen LogP contribution is -2.55. The van der Waals surface area contributed by atoms with E-state index in [4.69, 9.17) is 0 Å². The summed E-state index contributed by atoms with van der Waals surface area (Å²) in [5.74, 6) is 1.38. The molecule has 2 saturated heterocycles. The molecule has 0 aromatic carbocycles. The van der Waals surface area contributed by atoms with Crippen molar-refractivity contribution in [1.29, 1.82) is 0 Å². The van der Waals surface area contributed by atoms with Gasteiger partial charge in [0.15, 0.2) is 0 Å². The number of carbonyl (C=O) groups is 1. The van der Waals surface area contributed by atoms with Crippen LogP contribution < -0.4 is 0 Å². The van der Waals surface area contributed by atoms with Crippen molar-refractivity contribution >= 4 is 5.78 Å². The first-order valence-corrected chi connectivity index (χ1v) is 5.07.